The lowest BCUT2D eigenvalue weighted by molar-refractivity contribution is -0.119. The summed E-state index contributed by atoms with van der Waals surface area (Å²) >= 11 is 0. The minimum atomic E-state index is 0.445. The number of allylic oxidation sites excluding steroid dienone is 5. The van der Waals surface area contributed by atoms with Gasteiger partial charge in [0.1, 0.15) is 5.78 Å². The molecule has 19 heavy (non-hydrogen) atoms. The quantitative estimate of drug-likeness (QED) is 0.304. The Kier molecular flexibility index (Phi) is 14.1. The number of hydrogen-bond donors (Lipinski definition) is 0. The van der Waals surface area contributed by atoms with E-state index >= 15 is 0 Å². The lowest BCUT2D eigenvalue weighted by Gasteiger charge is -2.00. The predicted octanol–water partition coefficient (Wildman–Crippen LogP) is 5.77. The summed E-state index contributed by atoms with van der Waals surface area (Å²) in [5.74, 6) is 0.445. The van der Waals surface area contributed by atoms with Gasteiger partial charge < -0.3 is 0 Å². The highest BCUT2D eigenvalue weighted by molar-refractivity contribution is 5.78. The third kappa shape index (κ3) is 14.8. The van der Waals surface area contributed by atoms with E-state index in [2.05, 4.69) is 25.7 Å². The second-order valence-corrected chi connectivity index (χ2v) is 5.00. The summed E-state index contributed by atoms with van der Waals surface area (Å²) in [5.41, 5.74) is 0. The van der Waals surface area contributed by atoms with Crippen LogP contribution < -0.4 is 0 Å². The number of Topliss-reactive ketones (excluding diaryl/α,β-unsaturated/α-hetero) is 1. The highest BCUT2D eigenvalue weighted by Gasteiger charge is 1.99. The number of hydrogen-bond acceptors (Lipinski definition) is 1. The third-order valence-corrected chi connectivity index (χ3v) is 3.10. The molecule has 0 rings (SSSR count). The minimum absolute atomic E-state index is 0.445. The number of carbonyl (C=O) groups excluding carboxylic acids is 1. The van der Waals surface area contributed by atoms with E-state index in [1.54, 1.807) is 6.08 Å². The van der Waals surface area contributed by atoms with Crippen molar-refractivity contribution in [2.45, 2.75) is 71.1 Å². The molecule has 0 fully saturated rings. The molecule has 0 aromatic rings. The number of ketones is 1. The Bertz CT molecular complexity index is 273. The van der Waals surface area contributed by atoms with Crippen LogP contribution in [0.5, 0.6) is 0 Å². The zero-order valence-electron chi connectivity index (χ0n) is 12.6. The predicted molar refractivity (Wildman–Crippen MR) is 85.3 cm³/mol. The molecule has 1 nitrogen and oxygen atoms in total. The molecular formula is C18H30O. The van der Waals surface area contributed by atoms with E-state index in [0.29, 0.717) is 5.78 Å². The maximum atomic E-state index is 11.3. The summed E-state index contributed by atoms with van der Waals surface area (Å²) < 4.78 is 0. The Morgan fingerprint density at radius 2 is 1.58 bits per heavy atom. The van der Waals surface area contributed by atoms with E-state index in [0.717, 1.165) is 32.1 Å². The first-order valence-electron chi connectivity index (χ1n) is 7.77. The lowest BCUT2D eigenvalue weighted by atomic mass is 10.1. The second kappa shape index (κ2) is 14.9. The van der Waals surface area contributed by atoms with Gasteiger partial charge in [-0.15, -0.1) is 0 Å². The summed E-state index contributed by atoms with van der Waals surface area (Å²) in [6, 6.07) is 0. The van der Waals surface area contributed by atoms with Crippen LogP contribution in [0.15, 0.2) is 37.0 Å². The Morgan fingerprint density at radius 3 is 2.26 bits per heavy atom. The maximum Gasteiger partial charge on any atom is 0.132 e. The van der Waals surface area contributed by atoms with Crippen LogP contribution in [0.4, 0.5) is 0 Å². The lowest BCUT2D eigenvalue weighted by Crippen LogP contribution is -1.96. The van der Waals surface area contributed by atoms with Gasteiger partial charge in [0.25, 0.3) is 0 Å². The Hall–Kier alpha value is -1.11. The molecule has 0 unspecified atom stereocenters. The van der Waals surface area contributed by atoms with Gasteiger partial charge in [0, 0.05) is 12.8 Å². The first kappa shape index (κ1) is 17.9. The van der Waals surface area contributed by atoms with Crippen LogP contribution in [0.3, 0.4) is 0 Å². The minimum Gasteiger partial charge on any atom is -0.300 e. The van der Waals surface area contributed by atoms with Crippen molar-refractivity contribution in [2.75, 3.05) is 0 Å². The maximum absolute atomic E-state index is 11.3. The molecule has 0 aliphatic rings. The molecule has 0 radical (unpaired) electrons. The molecule has 0 aromatic carbocycles. The van der Waals surface area contributed by atoms with Crippen LogP contribution in [-0.4, -0.2) is 5.78 Å². The first-order chi connectivity index (χ1) is 9.31. The molecule has 0 N–H and O–H groups in total. The molecular weight excluding hydrogens is 232 g/mol. The topological polar surface area (TPSA) is 17.1 Å². The van der Waals surface area contributed by atoms with Gasteiger partial charge in [-0.1, -0.05) is 69.6 Å². The highest BCUT2D eigenvalue weighted by Crippen LogP contribution is 2.10. The summed E-state index contributed by atoms with van der Waals surface area (Å²) in [6.45, 7) is 5.69. The fourth-order valence-corrected chi connectivity index (χ4v) is 2.01. The van der Waals surface area contributed by atoms with Crippen molar-refractivity contribution in [1.29, 1.82) is 0 Å². The van der Waals surface area contributed by atoms with Crippen molar-refractivity contribution >= 4 is 5.78 Å². The molecule has 0 amide bonds. The molecule has 0 bridgehead atoms. The summed E-state index contributed by atoms with van der Waals surface area (Å²) in [4.78, 5) is 11.3. The van der Waals surface area contributed by atoms with E-state index in [1.165, 1.54) is 32.1 Å². The van der Waals surface area contributed by atoms with Gasteiger partial charge in [0.05, 0.1) is 0 Å². The standard InChI is InChI=1S/C18H30O/c1-3-5-6-7-8-9-10-11-12-13-14-15-17-18(19)16-4-2/h3,5-8H,1,4,9-17H2,2H3. The molecule has 0 atom stereocenters. The van der Waals surface area contributed by atoms with Crippen molar-refractivity contribution in [3.05, 3.63) is 37.0 Å². The molecule has 0 aliphatic carbocycles. The van der Waals surface area contributed by atoms with Crippen molar-refractivity contribution in [2.24, 2.45) is 0 Å². The highest BCUT2D eigenvalue weighted by atomic mass is 16.1. The Morgan fingerprint density at radius 1 is 0.895 bits per heavy atom. The second-order valence-electron chi connectivity index (χ2n) is 5.00. The average Bonchev–Trinajstić information content (AvgIpc) is 2.40. The van der Waals surface area contributed by atoms with Gasteiger partial charge in [0.15, 0.2) is 0 Å². The fourth-order valence-electron chi connectivity index (χ4n) is 2.01. The molecule has 108 valence electrons. The van der Waals surface area contributed by atoms with Crippen LogP contribution in [-0.2, 0) is 4.79 Å². The van der Waals surface area contributed by atoms with E-state index in [-0.39, 0.29) is 0 Å². The molecule has 0 saturated carbocycles. The monoisotopic (exact) mass is 262 g/mol. The molecule has 0 heterocycles. The number of carbonyl (C=O) groups is 1. The smallest absolute Gasteiger partial charge is 0.132 e. The summed E-state index contributed by atoms with van der Waals surface area (Å²) in [6.07, 6.45) is 21.2. The van der Waals surface area contributed by atoms with Crippen molar-refractivity contribution in [3.8, 4) is 0 Å². The molecule has 0 saturated heterocycles. The van der Waals surface area contributed by atoms with Crippen molar-refractivity contribution < 1.29 is 4.79 Å². The van der Waals surface area contributed by atoms with Gasteiger partial charge in [-0.2, -0.15) is 0 Å². The van der Waals surface area contributed by atoms with Gasteiger partial charge in [0.2, 0.25) is 0 Å². The van der Waals surface area contributed by atoms with Crippen LogP contribution in [0, 0.1) is 0 Å². The zero-order chi connectivity index (χ0) is 14.2. The summed E-state index contributed by atoms with van der Waals surface area (Å²) in [5, 5.41) is 0. The van der Waals surface area contributed by atoms with Crippen LogP contribution in [0.1, 0.15) is 71.1 Å². The van der Waals surface area contributed by atoms with Gasteiger partial charge >= 0.3 is 0 Å². The molecule has 0 aromatic heterocycles. The number of rotatable bonds is 13. The van der Waals surface area contributed by atoms with E-state index in [4.69, 9.17) is 0 Å². The van der Waals surface area contributed by atoms with E-state index in [1.807, 2.05) is 12.2 Å². The normalized spacial score (nSPS) is 11.4. The van der Waals surface area contributed by atoms with Gasteiger partial charge in [-0.3, -0.25) is 4.79 Å². The Balaban J connectivity index is 3.19. The third-order valence-electron chi connectivity index (χ3n) is 3.10. The Labute approximate surface area is 119 Å². The number of unbranched alkanes of at least 4 members (excludes halogenated alkanes) is 6. The zero-order valence-corrected chi connectivity index (χ0v) is 12.6. The van der Waals surface area contributed by atoms with E-state index < -0.39 is 0 Å². The fraction of sp³-hybridized carbons (Fsp3) is 0.611. The molecule has 0 spiro atoms. The van der Waals surface area contributed by atoms with Gasteiger partial charge in [-0.25, -0.2) is 0 Å². The van der Waals surface area contributed by atoms with Crippen molar-refractivity contribution in [3.63, 3.8) is 0 Å². The summed E-state index contributed by atoms with van der Waals surface area (Å²) in [7, 11) is 0. The SMILES string of the molecule is C=CC=CC=CCCCCCCCCC(=O)CCC. The van der Waals surface area contributed by atoms with Crippen LogP contribution in [0.2, 0.25) is 0 Å². The van der Waals surface area contributed by atoms with Crippen LogP contribution >= 0.6 is 0 Å². The largest absolute Gasteiger partial charge is 0.300 e. The first-order valence-corrected chi connectivity index (χ1v) is 7.77. The van der Waals surface area contributed by atoms with Gasteiger partial charge in [-0.05, 0) is 25.7 Å². The molecule has 0 aliphatic heterocycles. The van der Waals surface area contributed by atoms with Crippen LogP contribution in [0.25, 0.3) is 0 Å². The van der Waals surface area contributed by atoms with E-state index in [9.17, 15) is 4.79 Å². The molecule has 1 heteroatoms. The average molecular weight is 262 g/mol. The van der Waals surface area contributed by atoms with Crippen molar-refractivity contribution in [1.82, 2.24) is 0 Å².